The molecule has 1 fully saturated rings. The molecule has 6 N–H and O–H groups in total. The first kappa shape index (κ1) is 25.9. The van der Waals surface area contributed by atoms with Crippen LogP contribution in [0.1, 0.15) is 65.5 Å². The fourth-order valence-electron chi connectivity index (χ4n) is 3.96. The van der Waals surface area contributed by atoms with E-state index in [9.17, 15) is 34.4 Å². The van der Waals surface area contributed by atoms with Gasteiger partial charge in [0.1, 0.15) is 18.3 Å². The monoisotopic (exact) mass is 464 g/mol. The molecule has 2 heterocycles. The van der Waals surface area contributed by atoms with Crippen molar-refractivity contribution in [2.75, 3.05) is 0 Å². The third-order valence-electron chi connectivity index (χ3n) is 6.56. The average molecular weight is 464 g/mol. The molecular weight excluding hydrogens is 431 g/mol. The van der Waals surface area contributed by atoms with Crippen molar-refractivity contribution in [1.29, 1.82) is 0 Å². The van der Waals surface area contributed by atoms with Gasteiger partial charge in [0.05, 0.1) is 17.3 Å². The largest absolute Gasteiger partial charge is 0.388 e. The van der Waals surface area contributed by atoms with Crippen molar-refractivity contribution in [2.24, 2.45) is 5.92 Å². The Morgan fingerprint density at radius 2 is 1.77 bits per heavy atom. The van der Waals surface area contributed by atoms with Gasteiger partial charge in [0.25, 0.3) is 5.56 Å². The Morgan fingerprint density at radius 1 is 1.19 bits per heavy atom. The van der Waals surface area contributed by atoms with Crippen LogP contribution in [0.25, 0.3) is 0 Å². The summed E-state index contributed by atoms with van der Waals surface area (Å²) >= 11 is 0. The molecule has 1 aliphatic rings. The molecule has 1 aliphatic heterocycles. The van der Waals surface area contributed by atoms with E-state index < -0.39 is 60.1 Å². The number of aromatic nitrogens is 2. The van der Waals surface area contributed by atoms with Crippen molar-refractivity contribution in [3.05, 3.63) is 32.6 Å². The summed E-state index contributed by atoms with van der Waals surface area (Å²) in [6, 6.07) is 0. The number of aromatic amines is 2. The van der Waals surface area contributed by atoms with Crippen LogP contribution in [-0.4, -0.2) is 59.4 Å². The molecule has 0 saturated carbocycles. The van der Waals surface area contributed by atoms with Gasteiger partial charge in [-0.3, -0.25) is 18.9 Å². The van der Waals surface area contributed by atoms with Crippen molar-refractivity contribution in [3.63, 3.8) is 0 Å². The maximum absolute atomic E-state index is 12.9. The third kappa shape index (κ3) is 4.73. The van der Waals surface area contributed by atoms with Crippen molar-refractivity contribution < 1.29 is 34.0 Å². The highest BCUT2D eigenvalue weighted by Gasteiger charge is 2.55. The molecule has 1 aromatic rings. The van der Waals surface area contributed by atoms with E-state index in [0.29, 0.717) is 0 Å². The van der Waals surface area contributed by atoms with E-state index >= 15 is 0 Å². The number of aliphatic hydroxyl groups excluding tert-OH is 2. The van der Waals surface area contributed by atoms with Crippen LogP contribution in [0.3, 0.4) is 0 Å². The van der Waals surface area contributed by atoms with E-state index in [1.807, 2.05) is 4.98 Å². The second-order valence-electron chi connectivity index (χ2n) is 8.27. The average Bonchev–Trinajstić information content (AvgIpc) is 3.00. The fraction of sp³-hybridized carbons (Fsp3) is 0.789. The molecule has 1 aromatic heterocycles. The van der Waals surface area contributed by atoms with Gasteiger partial charge in [-0.25, -0.2) is 4.79 Å². The van der Waals surface area contributed by atoms with Crippen LogP contribution < -0.4 is 11.2 Å². The third-order valence-corrected chi connectivity index (χ3v) is 8.70. The molecule has 1 saturated heterocycles. The number of H-pyrrole nitrogens is 2. The highest BCUT2D eigenvalue weighted by molar-refractivity contribution is 7.54. The summed E-state index contributed by atoms with van der Waals surface area (Å²) in [5, 5.41) is 29.6. The van der Waals surface area contributed by atoms with Crippen LogP contribution in [-0.2, 0) is 13.8 Å². The summed E-state index contributed by atoms with van der Waals surface area (Å²) < 4.78 is 24.4. The molecule has 7 atom stereocenters. The minimum absolute atomic E-state index is 0.0169. The quantitative estimate of drug-likeness (QED) is 0.287. The predicted molar refractivity (Wildman–Crippen MR) is 112 cm³/mol. The van der Waals surface area contributed by atoms with Gasteiger partial charge < -0.3 is 29.9 Å². The number of ether oxygens (including phenoxy) is 1. The number of aliphatic hydroxyl groups is 3. The first-order chi connectivity index (χ1) is 14.3. The molecule has 12 heteroatoms. The second kappa shape index (κ2) is 9.27. The second-order valence-corrected chi connectivity index (χ2v) is 10.5. The molecule has 0 aromatic carbocycles. The summed E-state index contributed by atoms with van der Waals surface area (Å²) in [4.78, 5) is 38.2. The molecule has 0 spiro atoms. The van der Waals surface area contributed by atoms with Crippen LogP contribution in [0.4, 0.5) is 0 Å². The number of nitrogens with one attached hydrogen (secondary N) is 2. The zero-order chi connectivity index (χ0) is 23.8. The highest BCUT2D eigenvalue weighted by atomic mass is 31.2. The van der Waals surface area contributed by atoms with Gasteiger partial charge in [0.2, 0.25) is 0 Å². The van der Waals surface area contributed by atoms with Gasteiger partial charge in [-0.05, 0) is 26.2 Å². The van der Waals surface area contributed by atoms with Gasteiger partial charge in [0.15, 0.2) is 5.34 Å². The van der Waals surface area contributed by atoms with E-state index in [1.54, 1.807) is 27.7 Å². The first-order valence-corrected chi connectivity index (χ1v) is 11.9. The first-order valence-electron chi connectivity index (χ1n) is 10.4. The van der Waals surface area contributed by atoms with Crippen LogP contribution in [0.15, 0.2) is 15.8 Å². The lowest BCUT2D eigenvalue weighted by Crippen LogP contribution is -2.48. The van der Waals surface area contributed by atoms with Gasteiger partial charge in [-0.1, -0.05) is 27.7 Å². The molecule has 178 valence electrons. The van der Waals surface area contributed by atoms with E-state index in [0.717, 1.165) is 6.20 Å². The molecule has 11 nitrogen and oxygen atoms in total. The van der Waals surface area contributed by atoms with Crippen molar-refractivity contribution in [2.45, 2.75) is 89.2 Å². The fourth-order valence-corrected chi connectivity index (χ4v) is 5.47. The van der Waals surface area contributed by atoms with Gasteiger partial charge in [-0.2, -0.15) is 0 Å². The summed E-state index contributed by atoms with van der Waals surface area (Å²) in [5.41, 5.74) is -2.83. The zero-order valence-corrected chi connectivity index (χ0v) is 19.3. The smallest absolute Gasteiger partial charge is 0.359 e. The minimum Gasteiger partial charge on any atom is -0.388 e. The van der Waals surface area contributed by atoms with Gasteiger partial charge in [-0.15, -0.1) is 0 Å². The Kier molecular flexibility index (Phi) is 7.75. The number of rotatable bonds is 9. The summed E-state index contributed by atoms with van der Waals surface area (Å²) in [7, 11) is -4.50. The zero-order valence-electron chi connectivity index (χ0n) is 18.4. The maximum atomic E-state index is 12.9. The Balaban J connectivity index is 2.39. The van der Waals surface area contributed by atoms with Gasteiger partial charge in [0, 0.05) is 12.1 Å². The molecule has 0 bridgehead atoms. The molecule has 0 amide bonds. The standard InChI is InChI=1S/C19H33N2O9P/c1-6-18(5,26)31(27,28)30-19(7-2,8-3)10(4)14-12(22)13(23)15(29-14)11-9-20-17(25)21-16(11)24/h9-10,12-15,22-23,26H,6-8H2,1-5H3,(H,27,28)(H2,20,21,24,25). The Labute approximate surface area is 180 Å². The van der Waals surface area contributed by atoms with Crippen molar-refractivity contribution in [3.8, 4) is 0 Å². The lowest BCUT2D eigenvalue weighted by atomic mass is 9.79. The number of hydrogen-bond donors (Lipinski definition) is 6. The SMILES string of the molecule is CCC(CC)(OP(=O)(O)C(C)(O)CC)C(C)C1OC(c2c[nH]c(=O)[nH]c2=O)C(O)C1O. The van der Waals surface area contributed by atoms with Crippen LogP contribution in [0.2, 0.25) is 0 Å². The molecule has 31 heavy (non-hydrogen) atoms. The Bertz CT molecular complexity index is 923. The Hall–Kier alpha value is -1.33. The molecular formula is C19H33N2O9P. The molecule has 7 unspecified atom stereocenters. The van der Waals surface area contributed by atoms with Crippen LogP contribution in [0, 0.1) is 5.92 Å². The molecule has 0 radical (unpaired) electrons. The number of hydrogen-bond acceptors (Lipinski definition) is 8. The van der Waals surface area contributed by atoms with Gasteiger partial charge >= 0.3 is 13.3 Å². The summed E-state index contributed by atoms with van der Waals surface area (Å²) in [6.07, 6.45) is -3.60. The predicted octanol–water partition coefficient (Wildman–Crippen LogP) is 0.740. The molecule has 2 rings (SSSR count). The summed E-state index contributed by atoms with van der Waals surface area (Å²) in [5.74, 6) is -0.716. The topological polar surface area (TPSA) is 182 Å². The molecule has 0 aliphatic carbocycles. The lowest BCUT2D eigenvalue weighted by Gasteiger charge is -2.43. The van der Waals surface area contributed by atoms with Crippen molar-refractivity contribution in [1.82, 2.24) is 9.97 Å². The van der Waals surface area contributed by atoms with E-state index in [-0.39, 0.29) is 24.8 Å². The van der Waals surface area contributed by atoms with Crippen molar-refractivity contribution >= 4 is 7.60 Å². The van der Waals surface area contributed by atoms with Crippen LogP contribution in [0.5, 0.6) is 0 Å². The summed E-state index contributed by atoms with van der Waals surface area (Å²) in [6.45, 7) is 7.90. The lowest BCUT2D eigenvalue weighted by molar-refractivity contribution is -0.105. The Morgan fingerprint density at radius 3 is 2.26 bits per heavy atom. The normalized spacial score (nSPS) is 29.3. The van der Waals surface area contributed by atoms with Crippen LogP contribution >= 0.6 is 7.60 Å². The highest BCUT2D eigenvalue weighted by Crippen LogP contribution is 2.60. The van der Waals surface area contributed by atoms with E-state index in [1.165, 1.54) is 6.92 Å². The maximum Gasteiger partial charge on any atom is 0.359 e. The minimum atomic E-state index is -4.50. The van der Waals surface area contributed by atoms with E-state index in [4.69, 9.17) is 9.26 Å². The van der Waals surface area contributed by atoms with E-state index in [2.05, 4.69) is 4.98 Å².